The molecule has 1 aromatic heterocycles. The number of carbonyl (C=O) groups excluding carboxylic acids is 3. The van der Waals surface area contributed by atoms with Crippen LogP contribution in [-0.2, 0) is 25.6 Å². The third-order valence-corrected chi connectivity index (χ3v) is 4.58. The van der Waals surface area contributed by atoms with Gasteiger partial charge in [0, 0.05) is 24.1 Å². The minimum Gasteiger partial charge on any atom is -0.480 e. The van der Waals surface area contributed by atoms with Crippen molar-refractivity contribution in [2.24, 2.45) is 11.7 Å². The Morgan fingerprint density at radius 1 is 1.10 bits per heavy atom. The van der Waals surface area contributed by atoms with Gasteiger partial charge in [-0.15, -0.1) is 0 Å². The predicted octanol–water partition coefficient (Wildman–Crippen LogP) is -1.19. The van der Waals surface area contributed by atoms with Gasteiger partial charge in [0.05, 0.1) is 12.4 Å². The summed E-state index contributed by atoms with van der Waals surface area (Å²) in [5.41, 5.74) is 6.55. The van der Waals surface area contributed by atoms with Crippen molar-refractivity contribution in [2.75, 3.05) is 5.75 Å². The van der Waals surface area contributed by atoms with Gasteiger partial charge >= 0.3 is 5.97 Å². The average Bonchev–Trinajstić information content (AvgIpc) is 3.17. The minimum atomic E-state index is -1.19. The largest absolute Gasteiger partial charge is 0.480 e. The molecule has 1 heterocycles. The fourth-order valence-electron chi connectivity index (χ4n) is 2.55. The molecule has 30 heavy (non-hydrogen) atoms. The molecule has 168 valence electrons. The van der Waals surface area contributed by atoms with Crippen molar-refractivity contribution in [2.45, 2.75) is 57.8 Å². The van der Waals surface area contributed by atoms with E-state index in [-0.39, 0.29) is 24.5 Å². The number of amides is 3. The number of hydrogen-bond acceptors (Lipinski definition) is 7. The second-order valence-electron chi connectivity index (χ2n) is 7.39. The number of thiol groups is 1. The lowest BCUT2D eigenvalue weighted by atomic mass is 10.0. The number of aromatic nitrogens is 2. The van der Waals surface area contributed by atoms with Crippen LogP contribution in [0.4, 0.5) is 0 Å². The minimum absolute atomic E-state index is 0.0180. The van der Waals surface area contributed by atoms with E-state index in [4.69, 9.17) is 10.8 Å². The van der Waals surface area contributed by atoms with Crippen LogP contribution >= 0.6 is 12.6 Å². The highest BCUT2D eigenvalue weighted by atomic mass is 32.1. The zero-order valence-corrected chi connectivity index (χ0v) is 18.1. The normalized spacial score (nSPS) is 15.0. The highest BCUT2D eigenvalue weighted by molar-refractivity contribution is 7.80. The molecule has 0 aliphatic heterocycles. The van der Waals surface area contributed by atoms with Crippen molar-refractivity contribution in [1.82, 2.24) is 25.9 Å². The van der Waals surface area contributed by atoms with Gasteiger partial charge in [-0.05, 0) is 19.3 Å². The molecule has 11 nitrogen and oxygen atoms in total. The number of nitrogens with zero attached hydrogens (tertiary/aromatic N) is 1. The molecule has 1 aromatic rings. The number of aliphatic carboxylic acids is 1. The maximum absolute atomic E-state index is 12.6. The third kappa shape index (κ3) is 8.41. The lowest BCUT2D eigenvalue weighted by Gasteiger charge is -2.25. The first-order valence-corrected chi connectivity index (χ1v) is 10.2. The van der Waals surface area contributed by atoms with Gasteiger partial charge in [0.15, 0.2) is 0 Å². The number of H-pyrrole nitrogens is 1. The van der Waals surface area contributed by atoms with Crippen LogP contribution in [0.15, 0.2) is 12.5 Å². The number of carbonyl (C=O) groups is 4. The number of carboxylic acids is 1. The molecule has 0 aliphatic rings. The van der Waals surface area contributed by atoms with E-state index in [1.165, 1.54) is 13.3 Å². The molecule has 0 saturated carbocycles. The number of aromatic amines is 1. The Hall–Kier alpha value is -2.60. The van der Waals surface area contributed by atoms with Crippen molar-refractivity contribution >= 4 is 36.3 Å². The van der Waals surface area contributed by atoms with Crippen molar-refractivity contribution in [1.29, 1.82) is 0 Å². The summed E-state index contributed by atoms with van der Waals surface area (Å²) in [6, 6.07) is -4.00. The van der Waals surface area contributed by atoms with E-state index in [1.54, 1.807) is 6.20 Å². The molecule has 12 heteroatoms. The molecular formula is C18H30N6O5S. The summed E-state index contributed by atoms with van der Waals surface area (Å²) in [4.78, 5) is 55.1. The van der Waals surface area contributed by atoms with E-state index in [1.807, 2.05) is 13.8 Å². The highest BCUT2D eigenvalue weighted by Crippen LogP contribution is 2.07. The molecule has 0 aromatic carbocycles. The Morgan fingerprint density at radius 2 is 1.70 bits per heavy atom. The molecule has 1 rings (SSSR count). The summed E-state index contributed by atoms with van der Waals surface area (Å²) < 4.78 is 0. The Balaban J connectivity index is 2.74. The number of carboxylic acid groups (broad SMARTS) is 1. The molecule has 0 radical (unpaired) electrons. The van der Waals surface area contributed by atoms with E-state index < -0.39 is 47.9 Å². The number of rotatable bonds is 12. The molecule has 0 aliphatic carbocycles. The molecule has 0 fully saturated rings. The number of nitrogens with two attached hydrogens (primary N) is 1. The van der Waals surface area contributed by atoms with Crippen molar-refractivity contribution in [3.63, 3.8) is 0 Å². The first-order valence-electron chi connectivity index (χ1n) is 9.52. The monoisotopic (exact) mass is 442 g/mol. The maximum Gasteiger partial charge on any atom is 0.325 e. The van der Waals surface area contributed by atoms with Gasteiger partial charge in [0.25, 0.3) is 0 Å². The lowest BCUT2D eigenvalue weighted by molar-refractivity contribution is -0.141. The summed E-state index contributed by atoms with van der Waals surface area (Å²) in [6.07, 6.45) is 3.51. The lowest BCUT2D eigenvalue weighted by Crippen LogP contribution is -2.57. The van der Waals surface area contributed by atoms with E-state index in [9.17, 15) is 19.2 Å². The zero-order valence-electron chi connectivity index (χ0n) is 17.2. The Kier molecular flexibility index (Phi) is 10.3. The summed E-state index contributed by atoms with van der Waals surface area (Å²) >= 11 is 4.10. The first-order chi connectivity index (χ1) is 14.0. The SMILES string of the molecule is CC(C)CC(NC(=O)C(CS)NC(=O)C(N)Cc1cnc[nH]1)C(=O)NC(C)C(=O)O. The van der Waals surface area contributed by atoms with E-state index in [0.29, 0.717) is 5.69 Å². The van der Waals surface area contributed by atoms with Crippen LogP contribution in [0.2, 0.25) is 0 Å². The van der Waals surface area contributed by atoms with Crippen LogP contribution < -0.4 is 21.7 Å². The predicted molar refractivity (Wildman–Crippen MR) is 113 cm³/mol. The smallest absolute Gasteiger partial charge is 0.325 e. The standard InChI is InChI=1S/C18H30N6O5S/c1-9(2)4-13(16(26)22-10(3)18(28)29)23-17(27)14(7-30)24-15(25)12(19)5-11-6-20-8-21-11/h6,8-10,12-14,30H,4-5,7,19H2,1-3H3,(H,20,21)(H,22,26)(H,23,27)(H,24,25)(H,28,29). The van der Waals surface area contributed by atoms with Gasteiger partial charge in [0.2, 0.25) is 17.7 Å². The Bertz CT molecular complexity index is 727. The average molecular weight is 443 g/mol. The molecule has 7 N–H and O–H groups in total. The second kappa shape index (κ2) is 12.2. The van der Waals surface area contributed by atoms with Gasteiger partial charge in [-0.25, -0.2) is 4.98 Å². The highest BCUT2D eigenvalue weighted by Gasteiger charge is 2.29. The zero-order chi connectivity index (χ0) is 22.8. The van der Waals surface area contributed by atoms with Crippen LogP contribution in [0.5, 0.6) is 0 Å². The number of imidazole rings is 1. The summed E-state index contributed by atoms with van der Waals surface area (Å²) in [5.74, 6) is -2.94. The fraction of sp³-hybridized carbons (Fsp3) is 0.611. The van der Waals surface area contributed by atoms with Crippen molar-refractivity contribution in [3.8, 4) is 0 Å². The second-order valence-corrected chi connectivity index (χ2v) is 7.76. The fourth-order valence-corrected chi connectivity index (χ4v) is 2.81. The molecule has 4 atom stereocenters. The van der Waals surface area contributed by atoms with Crippen molar-refractivity contribution < 1.29 is 24.3 Å². The quantitative estimate of drug-likeness (QED) is 0.199. The van der Waals surface area contributed by atoms with Crippen LogP contribution in [0.3, 0.4) is 0 Å². The van der Waals surface area contributed by atoms with Gasteiger partial charge in [-0.2, -0.15) is 12.6 Å². The van der Waals surface area contributed by atoms with Gasteiger partial charge in [-0.3, -0.25) is 19.2 Å². The third-order valence-electron chi connectivity index (χ3n) is 4.22. The van der Waals surface area contributed by atoms with Crippen LogP contribution in [-0.4, -0.2) is 68.7 Å². The summed E-state index contributed by atoms with van der Waals surface area (Å²) in [7, 11) is 0. The van der Waals surface area contributed by atoms with Gasteiger partial charge in [0.1, 0.15) is 18.1 Å². The topological polar surface area (TPSA) is 179 Å². The summed E-state index contributed by atoms with van der Waals surface area (Å²) in [5, 5.41) is 16.4. The number of nitrogens with one attached hydrogen (secondary N) is 4. The van der Waals surface area contributed by atoms with Crippen LogP contribution in [0, 0.1) is 5.92 Å². The first kappa shape index (κ1) is 25.4. The van der Waals surface area contributed by atoms with E-state index in [2.05, 4.69) is 38.5 Å². The molecule has 4 unspecified atom stereocenters. The van der Waals surface area contributed by atoms with E-state index in [0.717, 1.165) is 0 Å². The summed E-state index contributed by atoms with van der Waals surface area (Å²) in [6.45, 7) is 5.05. The van der Waals surface area contributed by atoms with E-state index >= 15 is 0 Å². The molecule has 0 saturated heterocycles. The Labute approximate surface area is 180 Å². The van der Waals surface area contributed by atoms with Crippen LogP contribution in [0.25, 0.3) is 0 Å². The molecule has 0 bridgehead atoms. The molecular weight excluding hydrogens is 412 g/mol. The molecule has 0 spiro atoms. The maximum atomic E-state index is 12.6. The Morgan fingerprint density at radius 3 is 2.20 bits per heavy atom. The van der Waals surface area contributed by atoms with Crippen LogP contribution in [0.1, 0.15) is 32.9 Å². The van der Waals surface area contributed by atoms with Crippen molar-refractivity contribution in [3.05, 3.63) is 18.2 Å². The number of hydrogen-bond donors (Lipinski definition) is 7. The molecule has 3 amide bonds. The van der Waals surface area contributed by atoms with Gasteiger partial charge < -0.3 is 31.8 Å². The van der Waals surface area contributed by atoms with Gasteiger partial charge in [-0.1, -0.05) is 13.8 Å².